The van der Waals surface area contributed by atoms with E-state index in [0.717, 1.165) is 17.5 Å². The van der Waals surface area contributed by atoms with Gasteiger partial charge in [-0.15, -0.1) is 0 Å². The third-order valence-electron chi connectivity index (χ3n) is 10.0. The lowest BCUT2D eigenvalue weighted by Gasteiger charge is -2.52. The van der Waals surface area contributed by atoms with Crippen molar-refractivity contribution in [2.24, 2.45) is 23.7 Å². The Morgan fingerprint density at radius 2 is 1.46 bits per heavy atom. The Balaban J connectivity index is 1.47. The molecular weight excluding hydrogens is 504 g/mol. The number of hydrogen-bond donors (Lipinski definition) is 1. The summed E-state index contributed by atoms with van der Waals surface area (Å²) in [6.45, 7) is 16.7. The van der Waals surface area contributed by atoms with Crippen LogP contribution in [0.5, 0.6) is 0 Å². The van der Waals surface area contributed by atoms with Gasteiger partial charge in [-0.2, -0.15) is 0 Å². The van der Waals surface area contributed by atoms with Gasteiger partial charge in [0.2, 0.25) is 0 Å². The summed E-state index contributed by atoms with van der Waals surface area (Å²) in [5.74, 6) is -0.146. The number of benzene rings is 2. The van der Waals surface area contributed by atoms with Gasteiger partial charge in [0, 0.05) is 18.8 Å². The zero-order chi connectivity index (χ0) is 28.0. The normalized spacial score (nSPS) is 35.1. The monoisotopic (exact) mass is 552 g/mol. The second-order valence-corrected chi connectivity index (χ2v) is 18.5. The Morgan fingerprint density at radius 1 is 0.923 bits per heavy atom. The van der Waals surface area contributed by atoms with Crippen molar-refractivity contribution >= 4 is 8.32 Å². The van der Waals surface area contributed by atoms with Gasteiger partial charge in [-0.05, 0) is 53.9 Å². The molecule has 0 spiro atoms. The minimum atomic E-state index is -2.13. The number of fused-ring (bicyclic) bond motifs is 1. The molecule has 39 heavy (non-hydrogen) atoms. The molecule has 2 aromatic rings. The highest BCUT2D eigenvalue weighted by Crippen LogP contribution is 2.60. The van der Waals surface area contributed by atoms with Crippen LogP contribution in [0.1, 0.15) is 58.6 Å². The molecule has 214 valence electrons. The molecule has 9 atom stereocenters. The quantitative estimate of drug-likeness (QED) is 0.341. The molecule has 1 heterocycles. The summed E-state index contributed by atoms with van der Waals surface area (Å²) in [7, 11) is -2.13. The predicted molar refractivity (Wildman–Crippen MR) is 156 cm³/mol. The van der Waals surface area contributed by atoms with Crippen LogP contribution in [0, 0.1) is 23.7 Å². The van der Waals surface area contributed by atoms with Crippen molar-refractivity contribution in [3.8, 4) is 0 Å². The van der Waals surface area contributed by atoms with Crippen LogP contribution in [0.2, 0.25) is 18.1 Å². The zero-order valence-electron chi connectivity index (χ0n) is 24.8. The summed E-state index contributed by atoms with van der Waals surface area (Å²) in [6, 6.07) is 20.7. The van der Waals surface area contributed by atoms with Gasteiger partial charge in [0.25, 0.3) is 0 Å². The second kappa shape index (κ2) is 11.0. The molecular formula is C33H48O5Si. The van der Waals surface area contributed by atoms with Crippen molar-refractivity contribution in [3.63, 3.8) is 0 Å². The van der Waals surface area contributed by atoms with Crippen LogP contribution in [0.3, 0.4) is 0 Å². The molecule has 2 aromatic carbocycles. The molecule has 2 bridgehead atoms. The summed E-state index contributed by atoms with van der Waals surface area (Å²) in [5, 5.41) is 11.2. The first-order valence-corrected chi connectivity index (χ1v) is 17.7. The Hall–Kier alpha value is -1.54. The van der Waals surface area contributed by atoms with E-state index in [-0.39, 0.29) is 47.0 Å². The second-order valence-electron chi connectivity index (χ2n) is 13.8. The molecule has 5 rings (SSSR count). The van der Waals surface area contributed by atoms with Gasteiger partial charge >= 0.3 is 0 Å². The molecule has 3 aliphatic rings. The predicted octanol–water partition coefficient (Wildman–Crippen LogP) is 6.95. The third kappa shape index (κ3) is 5.79. The van der Waals surface area contributed by atoms with Crippen molar-refractivity contribution in [1.29, 1.82) is 0 Å². The molecule has 0 radical (unpaired) electrons. The van der Waals surface area contributed by atoms with E-state index >= 15 is 0 Å². The van der Waals surface area contributed by atoms with Crippen LogP contribution in [0.15, 0.2) is 60.7 Å². The molecule has 2 aliphatic carbocycles. The highest BCUT2D eigenvalue weighted by Gasteiger charge is 2.67. The lowest BCUT2D eigenvalue weighted by molar-refractivity contribution is -0.219. The Kier molecular flexibility index (Phi) is 8.19. The van der Waals surface area contributed by atoms with E-state index in [4.69, 9.17) is 18.6 Å². The van der Waals surface area contributed by atoms with Crippen LogP contribution in [-0.4, -0.2) is 43.6 Å². The highest BCUT2D eigenvalue weighted by molar-refractivity contribution is 6.74. The van der Waals surface area contributed by atoms with E-state index < -0.39 is 20.2 Å². The van der Waals surface area contributed by atoms with Crippen molar-refractivity contribution in [2.75, 3.05) is 0 Å². The Labute approximate surface area is 236 Å². The van der Waals surface area contributed by atoms with Crippen LogP contribution in [-0.2, 0) is 31.9 Å². The van der Waals surface area contributed by atoms with E-state index in [1.165, 1.54) is 0 Å². The minimum absolute atomic E-state index is 0.0387. The molecule has 1 saturated heterocycles. The number of aliphatic hydroxyl groups is 1. The summed E-state index contributed by atoms with van der Waals surface area (Å²) in [4.78, 5) is 0. The lowest BCUT2D eigenvalue weighted by Crippen LogP contribution is -2.58. The molecule has 6 heteroatoms. The topological polar surface area (TPSA) is 57.2 Å². The summed E-state index contributed by atoms with van der Waals surface area (Å²) in [5.41, 5.74) is 2.32. The molecule has 5 nitrogen and oxygen atoms in total. The van der Waals surface area contributed by atoms with Gasteiger partial charge in [-0.1, -0.05) is 88.4 Å². The van der Waals surface area contributed by atoms with Crippen LogP contribution >= 0.6 is 0 Å². The average Bonchev–Trinajstić information content (AvgIpc) is 3.19. The van der Waals surface area contributed by atoms with Crippen molar-refractivity contribution in [1.82, 2.24) is 0 Å². The Morgan fingerprint density at radius 3 is 1.97 bits per heavy atom. The van der Waals surface area contributed by atoms with Gasteiger partial charge in [0.05, 0.1) is 37.6 Å². The van der Waals surface area contributed by atoms with Crippen molar-refractivity contribution in [3.05, 3.63) is 71.8 Å². The molecule has 0 aromatic heterocycles. The van der Waals surface area contributed by atoms with E-state index in [9.17, 15) is 5.11 Å². The molecule has 1 N–H and O–H groups in total. The molecule has 1 unspecified atom stereocenters. The fourth-order valence-corrected chi connectivity index (χ4v) is 8.50. The molecule has 0 amide bonds. The Bertz CT molecular complexity index is 1080. The summed E-state index contributed by atoms with van der Waals surface area (Å²) < 4.78 is 27.7. The summed E-state index contributed by atoms with van der Waals surface area (Å²) in [6.07, 6.45) is 0.807. The van der Waals surface area contributed by atoms with Gasteiger partial charge < -0.3 is 23.7 Å². The first-order valence-electron chi connectivity index (χ1n) is 14.8. The SMILES string of the molecule is CC(O)[C@@H]1C[C@]2(O[Si](C)(C)C(C)(C)C)C[C@H]3[C@@H](O2)[C@H](OCc2ccccc2)[C@H](C)[C@@H](OCc2ccccc2)[C@H]31. The fourth-order valence-electron chi connectivity index (χ4n) is 7.05. The maximum atomic E-state index is 11.1. The first kappa shape index (κ1) is 29.0. The summed E-state index contributed by atoms with van der Waals surface area (Å²) >= 11 is 0. The minimum Gasteiger partial charge on any atom is -0.393 e. The highest BCUT2D eigenvalue weighted by atomic mass is 28.4. The van der Waals surface area contributed by atoms with Gasteiger partial charge in [0.1, 0.15) is 0 Å². The number of ether oxygens (including phenoxy) is 3. The van der Waals surface area contributed by atoms with Crippen molar-refractivity contribution in [2.45, 2.75) is 109 Å². The average molecular weight is 553 g/mol. The number of hydrogen-bond acceptors (Lipinski definition) is 5. The van der Waals surface area contributed by atoms with Gasteiger partial charge in [0.15, 0.2) is 14.1 Å². The van der Waals surface area contributed by atoms with Crippen molar-refractivity contribution < 1.29 is 23.7 Å². The zero-order valence-corrected chi connectivity index (χ0v) is 25.8. The third-order valence-corrected chi connectivity index (χ3v) is 14.5. The van der Waals surface area contributed by atoms with E-state index in [1.54, 1.807) is 0 Å². The van der Waals surface area contributed by atoms with E-state index in [0.29, 0.717) is 19.6 Å². The first-order chi connectivity index (χ1) is 18.4. The van der Waals surface area contributed by atoms with E-state index in [2.05, 4.69) is 89.3 Å². The maximum absolute atomic E-state index is 11.1. The van der Waals surface area contributed by atoms with Gasteiger partial charge in [-0.25, -0.2) is 0 Å². The van der Waals surface area contributed by atoms with Crippen LogP contribution < -0.4 is 0 Å². The molecule has 1 aliphatic heterocycles. The smallest absolute Gasteiger partial charge is 0.195 e. The largest absolute Gasteiger partial charge is 0.393 e. The standard InChI is InChI=1S/C33H48O5Si/c1-22-29(35-20-24-14-10-8-11-15-24)28-26(23(2)34)18-33(38-39(6,7)32(3,4)5)19-27(28)31(37-33)30(22)36-21-25-16-12-9-13-17-25/h8-17,22-23,26-31,34H,18-21H2,1-7H3/t22-,23?,26+,27-,28+,29-,30-,31-,33+/m1/s1. The van der Waals surface area contributed by atoms with E-state index in [1.807, 2.05) is 19.1 Å². The number of rotatable bonds is 9. The van der Waals surface area contributed by atoms with Gasteiger partial charge in [-0.3, -0.25) is 0 Å². The van der Waals surface area contributed by atoms with Crippen LogP contribution in [0.4, 0.5) is 0 Å². The maximum Gasteiger partial charge on any atom is 0.195 e. The number of aliphatic hydroxyl groups excluding tert-OH is 1. The lowest BCUT2D eigenvalue weighted by atomic mass is 9.59. The molecule has 2 saturated carbocycles. The van der Waals surface area contributed by atoms with Crippen LogP contribution in [0.25, 0.3) is 0 Å². The molecule has 3 fully saturated rings. The fraction of sp³-hybridized carbons (Fsp3) is 0.636.